The summed E-state index contributed by atoms with van der Waals surface area (Å²) >= 11 is 3.08. The van der Waals surface area contributed by atoms with Crippen LogP contribution in [0.1, 0.15) is 15.9 Å². The Labute approximate surface area is 145 Å². The van der Waals surface area contributed by atoms with Gasteiger partial charge in [0.1, 0.15) is 11.6 Å². The van der Waals surface area contributed by atoms with Crippen LogP contribution in [0.25, 0.3) is 0 Å². The molecule has 0 atom stereocenters. The van der Waals surface area contributed by atoms with Gasteiger partial charge in [-0.3, -0.25) is 20.4 Å². The quantitative estimate of drug-likeness (QED) is 0.782. The summed E-state index contributed by atoms with van der Waals surface area (Å²) in [5, 5.41) is 8.67. The summed E-state index contributed by atoms with van der Waals surface area (Å²) in [5.41, 5.74) is 4.48. The first-order chi connectivity index (χ1) is 11.5. The predicted octanol–water partition coefficient (Wildman–Crippen LogP) is 2.30. The van der Waals surface area contributed by atoms with E-state index in [1.807, 2.05) is 6.07 Å². The first kappa shape index (κ1) is 17.4. The monoisotopic (exact) mass is 391 g/mol. The second kappa shape index (κ2) is 8.08. The van der Waals surface area contributed by atoms with E-state index in [0.29, 0.717) is 15.8 Å². The Bertz CT molecular complexity index is 803. The number of halogens is 2. The summed E-state index contributed by atoms with van der Waals surface area (Å²) in [5.74, 6) is -1.73. The number of carbonyl (C=O) groups is 2. The first-order valence-corrected chi connectivity index (χ1v) is 7.46. The number of hydrazine groups is 1. The average Bonchev–Trinajstić information content (AvgIpc) is 2.58. The van der Waals surface area contributed by atoms with Gasteiger partial charge in [0, 0.05) is 4.47 Å². The molecule has 24 heavy (non-hydrogen) atoms. The lowest BCUT2D eigenvalue weighted by molar-refractivity contribution is -0.123. The SMILES string of the molecule is N#Cc1ccc(OCC(=O)NNC(=O)c2ccc(Br)cc2F)cc1. The van der Waals surface area contributed by atoms with E-state index in [1.54, 1.807) is 24.3 Å². The van der Waals surface area contributed by atoms with Gasteiger partial charge in [0.05, 0.1) is 17.2 Å². The van der Waals surface area contributed by atoms with E-state index < -0.39 is 17.6 Å². The minimum Gasteiger partial charge on any atom is -0.484 e. The van der Waals surface area contributed by atoms with Crippen LogP contribution in [0.5, 0.6) is 5.75 Å². The number of hydrogen-bond donors (Lipinski definition) is 2. The first-order valence-electron chi connectivity index (χ1n) is 6.67. The lowest BCUT2D eigenvalue weighted by Gasteiger charge is -2.09. The van der Waals surface area contributed by atoms with Crippen molar-refractivity contribution >= 4 is 27.7 Å². The van der Waals surface area contributed by atoms with Crippen LogP contribution in [-0.2, 0) is 4.79 Å². The Morgan fingerprint density at radius 1 is 1.17 bits per heavy atom. The molecule has 8 heteroatoms. The van der Waals surface area contributed by atoms with Crippen molar-refractivity contribution in [3.05, 3.63) is 63.9 Å². The van der Waals surface area contributed by atoms with Gasteiger partial charge in [0.15, 0.2) is 6.61 Å². The highest BCUT2D eigenvalue weighted by atomic mass is 79.9. The van der Waals surface area contributed by atoms with Gasteiger partial charge >= 0.3 is 0 Å². The molecule has 0 aliphatic carbocycles. The number of benzene rings is 2. The van der Waals surface area contributed by atoms with Crippen molar-refractivity contribution in [3.8, 4) is 11.8 Å². The van der Waals surface area contributed by atoms with Gasteiger partial charge in [-0.15, -0.1) is 0 Å². The van der Waals surface area contributed by atoms with E-state index in [-0.39, 0.29) is 12.2 Å². The van der Waals surface area contributed by atoms with Crippen LogP contribution in [0.3, 0.4) is 0 Å². The number of nitrogens with zero attached hydrogens (tertiary/aromatic N) is 1. The topological polar surface area (TPSA) is 91.2 Å². The second-order valence-electron chi connectivity index (χ2n) is 4.55. The van der Waals surface area contributed by atoms with E-state index >= 15 is 0 Å². The Balaban J connectivity index is 1.82. The third-order valence-corrected chi connectivity index (χ3v) is 3.34. The fourth-order valence-electron chi connectivity index (χ4n) is 1.68. The maximum atomic E-state index is 13.6. The molecule has 0 bridgehead atoms. The van der Waals surface area contributed by atoms with Crippen molar-refractivity contribution in [1.82, 2.24) is 10.9 Å². The number of hydrogen-bond acceptors (Lipinski definition) is 4. The molecule has 2 aromatic rings. The fourth-order valence-corrected chi connectivity index (χ4v) is 2.01. The molecule has 0 saturated carbocycles. The van der Waals surface area contributed by atoms with Gasteiger partial charge in [-0.2, -0.15) is 5.26 Å². The summed E-state index contributed by atoms with van der Waals surface area (Å²) in [4.78, 5) is 23.4. The highest BCUT2D eigenvalue weighted by Crippen LogP contribution is 2.15. The largest absolute Gasteiger partial charge is 0.484 e. The summed E-state index contributed by atoms with van der Waals surface area (Å²) in [6.45, 7) is -0.352. The zero-order valence-electron chi connectivity index (χ0n) is 12.2. The zero-order valence-corrected chi connectivity index (χ0v) is 13.8. The van der Waals surface area contributed by atoms with Crippen molar-refractivity contribution in [3.63, 3.8) is 0 Å². The zero-order chi connectivity index (χ0) is 17.5. The van der Waals surface area contributed by atoms with Gasteiger partial charge in [-0.05, 0) is 42.5 Å². The van der Waals surface area contributed by atoms with Crippen molar-refractivity contribution in [2.45, 2.75) is 0 Å². The molecular formula is C16H11BrFN3O3. The summed E-state index contributed by atoms with van der Waals surface area (Å²) in [6.07, 6.45) is 0. The molecule has 0 aliphatic heterocycles. The number of rotatable bonds is 4. The van der Waals surface area contributed by atoms with Crippen LogP contribution >= 0.6 is 15.9 Å². The van der Waals surface area contributed by atoms with Crippen molar-refractivity contribution in [1.29, 1.82) is 5.26 Å². The predicted molar refractivity (Wildman–Crippen MR) is 86.4 cm³/mol. The van der Waals surface area contributed by atoms with Crippen molar-refractivity contribution < 1.29 is 18.7 Å². The number of carbonyl (C=O) groups excluding carboxylic acids is 2. The molecule has 0 radical (unpaired) electrons. The molecule has 2 rings (SSSR count). The van der Waals surface area contributed by atoms with E-state index in [4.69, 9.17) is 10.00 Å². The summed E-state index contributed by atoms with van der Waals surface area (Å²) in [6, 6.07) is 12.1. The number of nitrogens with one attached hydrogen (secondary N) is 2. The Morgan fingerprint density at radius 3 is 2.50 bits per heavy atom. The van der Waals surface area contributed by atoms with Crippen LogP contribution < -0.4 is 15.6 Å². The molecule has 6 nitrogen and oxygen atoms in total. The van der Waals surface area contributed by atoms with Crippen molar-refractivity contribution in [2.75, 3.05) is 6.61 Å². The number of nitriles is 1. The highest BCUT2D eigenvalue weighted by molar-refractivity contribution is 9.10. The molecule has 2 aromatic carbocycles. The normalized spacial score (nSPS) is 9.71. The van der Waals surface area contributed by atoms with Crippen molar-refractivity contribution in [2.24, 2.45) is 0 Å². The molecule has 2 N–H and O–H groups in total. The number of ether oxygens (including phenoxy) is 1. The summed E-state index contributed by atoms with van der Waals surface area (Å²) in [7, 11) is 0. The Kier molecular flexibility index (Phi) is 5.87. The summed E-state index contributed by atoms with van der Waals surface area (Å²) < 4.78 is 19.3. The maximum absolute atomic E-state index is 13.6. The van der Waals surface area contributed by atoms with Crippen LogP contribution in [-0.4, -0.2) is 18.4 Å². The Hall–Kier alpha value is -2.92. The smallest absolute Gasteiger partial charge is 0.276 e. The standard InChI is InChI=1S/C16H11BrFN3O3/c17-11-3-6-13(14(18)7-11)16(23)21-20-15(22)9-24-12-4-1-10(8-19)2-5-12/h1-7H,9H2,(H,20,22)(H,21,23). The van der Waals surface area contributed by atoms with Gasteiger partial charge in [0.25, 0.3) is 11.8 Å². The maximum Gasteiger partial charge on any atom is 0.276 e. The lowest BCUT2D eigenvalue weighted by atomic mass is 10.2. The molecule has 122 valence electrons. The molecule has 0 heterocycles. The van der Waals surface area contributed by atoms with Gasteiger partial charge < -0.3 is 4.74 Å². The van der Waals surface area contributed by atoms with E-state index in [9.17, 15) is 14.0 Å². The molecule has 0 saturated heterocycles. The minimum atomic E-state index is -0.785. The van der Waals surface area contributed by atoms with Crippen LogP contribution in [0.4, 0.5) is 4.39 Å². The Morgan fingerprint density at radius 2 is 1.88 bits per heavy atom. The van der Waals surface area contributed by atoms with E-state index in [1.165, 1.54) is 12.1 Å². The third kappa shape index (κ3) is 4.79. The molecule has 0 spiro atoms. The minimum absolute atomic E-state index is 0.202. The van der Waals surface area contributed by atoms with Crippen LogP contribution in [0.2, 0.25) is 0 Å². The average molecular weight is 392 g/mol. The number of amides is 2. The van der Waals surface area contributed by atoms with Gasteiger partial charge in [0.2, 0.25) is 0 Å². The van der Waals surface area contributed by atoms with E-state index in [2.05, 4.69) is 26.8 Å². The van der Waals surface area contributed by atoms with Crippen LogP contribution in [0.15, 0.2) is 46.9 Å². The van der Waals surface area contributed by atoms with E-state index in [0.717, 1.165) is 6.07 Å². The second-order valence-corrected chi connectivity index (χ2v) is 5.47. The van der Waals surface area contributed by atoms with Gasteiger partial charge in [-0.1, -0.05) is 15.9 Å². The molecule has 0 fully saturated rings. The molecular weight excluding hydrogens is 381 g/mol. The molecule has 0 aromatic heterocycles. The molecule has 2 amide bonds. The third-order valence-electron chi connectivity index (χ3n) is 2.84. The fraction of sp³-hybridized carbons (Fsp3) is 0.0625. The van der Waals surface area contributed by atoms with Gasteiger partial charge in [-0.25, -0.2) is 4.39 Å². The molecule has 0 unspecified atom stereocenters. The van der Waals surface area contributed by atoms with Crippen LogP contribution in [0, 0.1) is 17.1 Å². The highest BCUT2D eigenvalue weighted by Gasteiger charge is 2.13. The lowest BCUT2D eigenvalue weighted by Crippen LogP contribution is -2.44. The molecule has 0 aliphatic rings.